The first-order valence-electron chi connectivity index (χ1n) is 9.72. The highest BCUT2D eigenvalue weighted by Gasteiger charge is 2.37. The number of nitrogens with zero attached hydrogens (tertiary/aromatic N) is 1. The lowest BCUT2D eigenvalue weighted by Crippen LogP contribution is -2.54. The highest BCUT2D eigenvalue weighted by atomic mass is 79.9. The number of urea groups is 1. The van der Waals surface area contributed by atoms with E-state index >= 15 is 0 Å². The molecule has 3 aromatic rings. The average molecular weight is 596 g/mol. The highest BCUT2D eigenvalue weighted by molar-refractivity contribution is 9.10. The molecule has 12 heteroatoms. The Morgan fingerprint density at radius 3 is 2.29 bits per heavy atom. The fraction of sp³-hybridized carbons (Fsp3) is 0. The molecule has 0 atom stereocenters. The molecule has 0 unspecified atom stereocenters. The Labute approximate surface area is 218 Å². The number of hydrogen-bond acceptors (Lipinski definition) is 6. The number of hydrogen-bond donors (Lipinski definition) is 1. The predicted molar refractivity (Wildman–Crippen MR) is 134 cm³/mol. The average Bonchev–Trinajstić information content (AvgIpc) is 2.80. The summed E-state index contributed by atoms with van der Waals surface area (Å²) in [7, 11) is -4.14. The molecule has 1 saturated heterocycles. The van der Waals surface area contributed by atoms with Gasteiger partial charge in [-0.15, -0.1) is 0 Å². The van der Waals surface area contributed by atoms with Gasteiger partial charge in [0.25, 0.3) is 11.8 Å². The molecule has 1 heterocycles. The van der Waals surface area contributed by atoms with E-state index in [0.717, 1.165) is 4.90 Å². The first-order chi connectivity index (χ1) is 16.6. The molecule has 0 aliphatic carbocycles. The standard InChI is InChI=1S/C23H13BrCl2N2O6S/c24-17-12-13(5-10-20(17)34-35(32,33)15-8-6-14(25)7-9-15)11-16-21(29)27-23(31)28(22(16)30)19-4-2-1-3-18(19)26/h1-12H,(H,27,29,31)/b16-11+. The number of imide groups is 2. The minimum absolute atomic E-state index is 0.0191. The number of rotatable bonds is 5. The van der Waals surface area contributed by atoms with Gasteiger partial charge in [-0.05, 0) is 76.1 Å². The smallest absolute Gasteiger partial charge is 0.339 e. The van der Waals surface area contributed by atoms with Crippen molar-refractivity contribution in [3.8, 4) is 5.75 Å². The van der Waals surface area contributed by atoms with Crippen LogP contribution in [0.25, 0.3) is 6.08 Å². The zero-order chi connectivity index (χ0) is 25.3. The molecule has 8 nitrogen and oxygen atoms in total. The van der Waals surface area contributed by atoms with Gasteiger partial charge in [-0.3, -0.25) is 14.9 Å². The predicted octanol–water partition coefficient (Wildman–Crippen LogP) is 5.19. The molecule has 0 bridgehead atoms. The number of carbonyl (C=O) groups excluding carboxylic acids is 3. The first-order valence-corrected chi connectivity index (χ1v) is 12.7. The van der Waals surface area contributed by atoms with E-state index in [1.807, 2.05) is 0 Å². The molecule has 35 heavy (non-hydrogen) atoms. The van der Waals surface area contributed by atoms with Gasteiger partial charge in [0.2, 0.25) is 0 Å². The molecular weight excluding hydrogens is 583 g/mol. The minimum atomic E-state index is -4.14. The Morgan fingerprint density at radius 2 is 1.63 bits per heavy atom. The number of barbiturate groups is 1. The van der Waals surface area contributed by atoms with Crippen LogP contribution in [0.2, 0.25) is 10.0 Å². The van der Waals surface area contributed by atoms with Crippen molar-refractivity contribution in [2.75, 3.05) is 4.90 Å². The third kappa shape index (κ3) is 5.25. The summed E-state index contributed by atoms with van der Waals surface area (Å²) < 4.78 is 30.5. The van der Waals surface area contributed by atoms with Gasteiger partial charge in [0.05, 0.1) is 15.2 Å². The van der Waals surface area contributed by atoms with Gasteiger partial charge in [0.1, 0.15) is 10.5 Å². The van der Waals surface area contributed by atoms with Crippen molar-refractivity contribution in [1.82, 2.24) is 5.32 Å². The van der Waals surface area contributed by atoms with Crippen molar-refractivity contribution in [3.05, 3.63) is 92.4 Å². The number of halogens is 3. The van der Waals surface area contributed by atoms with Crippen LogP contribution in [-0.2, 0) is 19.7 Å². The molecule has 1 aliphatic rings. The summed E-state index contributed by atoms with van der Waals surface area (Å²) in [5.74, 6) is -1.77. The van der Waals surface area contributed by atoms with Gasteiger partial charge in [0.15, 0.2) is 5.75 Å². The second-order valence-corrected chi connectivity index (χ2v) is 10.3. The summed E-state index contributed by atoms with van der Waals surface area (Å²) in [5.41, 5.74) is 0.159. The molecule has 1 N–H and O–H groups in total. The summed E-state index contributed by atoms with van der Waals surface area (Å²) in [6.07, 6.45) is 1.26. The van der Waals surface area contributed by atoms with Crippen LogP contribution >= 0.6 is 39.1 Å². The van der Waals surface area contributed by atoms with E-state index in [0.29, 0.717) is 10.6 Å². The number of benzene rings is 3. The lowest BCUT2D eigenvalue weighted by molar-refractivity contribution is -0.122. The van der Waals surface area contributed by atoms with Gasteiger partial charge in [-0.2, -0.15) is 8.42 Å². The topological polar surface area (TPSA) is 110 Å². The molecule has 4 amide bonds. The van der Waals surface area contributed by atoms with Crippen molar-refractivity contribution in [2.45, 2.75) is 4.90 Å². The van der Waals surface area contributed by atoms with Crippen LogP contribution in [0.3, 0.4) is 0 Å². The maximum atomic E-state index is 13.0. The zero-order valence-corrected chi connectivity index (χ0v) is 21.3. The van der Waals surface area contributed by atoms with Crippen LogP contribution in [0.5, 0.6) is 5.75 Å². The molecular formula is C23H13BrCl2N2O6S. The van der Waals surface area contributed by atoms with Crippen LogP contribution < -0.4 is 14.4 Å². The Bertz CT molecular complexity index is 1510. The van der Waals surface area contributed by atoms with Gasteiger partial charge in [-0.1, -0.05) is 41.4 Å². The van der Waals surface area contributed by atoms with Crippen molar-refractivity contribution in [1.29, 1.82) is 0 Å². The summed E-state index contributed by atoms with van der Waals surface area (Å²) in [6, 6.07) is 15.0. The largest absolute Gasteiger partial charge is 0.378 e. The minimum Gasteiger partial charge on any atom is -0.378 e. The van der Waals surface area contributed by atoms with E-state index in [9.17, 15) is 22.8 Å². The van der Waals surface area contributed by atoms with E-state index in [-0.39, 0.29) is 31.4 Å². The summed E-state index contributed by atoms with van der Waals surface area (Å²) in [4.78, 5) is 38.4. The van der Waals surface area contributed by atoms with E-state index < -0.39 is 28.0 Å². The van der Waals surface area contributed by atoms with E-state index in [2.05, 4.69) is 21.2 Å². The quantitative estimate of drug-likeness (QED) is 0.247. The summed E-state index contributed by atoms with van der Waals surface area (Å²) in [6.45, 7) is 0. The maximum Gasteiger partial charge on any atom is 0.339 e. The van der Waals surface area contributed by atoms with Crippen molar-refractivity contribution >= 4 is 78.9 Å². The lowest BCUT2D eigenvalue weighted by atomic mass is 10.1. The molecule has 0 saturated carbocycles. The van der Waals surface area contributed by atoms with E-state index in [4.69, 9.17) is 27.4 Å². The number of nitrogens with one attached hydrogen (secondary N) is 1. The zero-order valence-electron chi connectivity index (χ0n) is 17.4. The normalized spacial score (nSPS) is 15.3. The second-order valence-electron chi connectivity index (χ2n) is 7.09. The second kappa shape index (κ2) is 9.82. The molecule has 1 fully saturated rings. The Hall–Kier alpha value is -3.18. The first kappa shape index (κ1) is 24.9. The van der Waals surface area contributed by atoms with Crippen molar-refractivity contribution in [3.63, 3.8) is 0 Å². The fourth-order valence-electron chi connectivity index (χ4n) is 3.12. The Balaban J connectivity index is 1.63. The Morgan fingerprint density at radius 1 is 0.943 bits per heavy atom. The third-order valence-corrected chi connectivity index (χ3v) is 7.20. The summed E-state index contributed by atoms with van der Waals surface area (Å²) in [5, 5.41) is 2.63. The molecule has 0 radical (unpaired) electrons. The molecule has 0 spiro atoms. The number of amides is 4. The molecule has 3 aromatic carbocycles. The fourth-order valence-corrected chi connectivity index (χ4v) is 5.00. The van der Waals surface area contributed by atoms with Gasteiger partial charge in [0, 0.05) is 5.02 Å². The Kier molecular flexibility index (Phi) is 7.00. The van der Waals surface area contributed by atoms with E-state index in [1.54, 1.807) is 12.1 Å². The van der Waals surface area contributed by atoms with Crippen molar-refractivity contribution < 1.29 is 27.0 Å². The molecule has 0 aromatic heterocycles. The SMILES string of the molecule is O=C1NC(=O)N(c2ccccc2Cl)C(=O)/C1=C/c1ccc(OS(=O)(=O)c2ccc(Cl)cc2)c(Br)c1. The molecule has 178 valence electrons. The van der Waals surface area contributed by atoms with Crippen LogP contribution in [0.15, 0.2) is 81.7 Å². The molecule has 4 rings (SSSR count). The molecule has 1 aliphatic heterocycles. The number of carbonyl (C=O) groups is 3. The van der Waals surface area contributed by atoms with Crippen LogP contribution in [-0.4, -0.2) is 26.3 Å². The van der Waals surface area contributed by atoms with Gasteiger partial charge < -0.3 is 4.18 Å². The van der Waals surface area contributed by atoms with Gasteiger partial charge in [-0.25, -0.2) is 9.69 Å². The van der Waals surface area contributed by atoms with Gasteiger partial charge >= 0.3 is 16.1 Å². The third-order valence-electron chi connectivity index (χ3n) is 4.76. The maximum absolute atomic E-state index is 13.0. The monoisotopic (exact) mass is 594 g/mol. The van der Waals surface area contributed by atoms with Crippen molar-refractivity contribution in [2.24, 2.45) is 0 Å². The number of para-hydroxylation sites is 1. The number of anilines is 1. The van der Waals surface area contributed by atoms with Crippen LogP contribution in [0.4, 0.5) is 10.5 Å². The lowest BCUT2D eigenvalue weighted by Gasteiger charge is -2.27. The highest BCUT2D eigenvalue weighted by Crippen LogP contribution is 2.32. The van der Waals surface area contributed by atoms with E-state index in [1.165, 1.54) is 60.7 Å². The van der Waals surface area contributed by atoms with Crippen LogP contribution in [0, 0.1) is 0 Å². The summed E-state index contributed by atoms with van der Waals surface area (Å²) >= 11 is 15.2. The van der Waals surface area contributed by atoms with Crippen LogP contribution in [0.1, 0.15) is 5.56 Å².